The minimum absolute atomic E-state index is 0.0215. The van der Waals surface area contributed by atoms with Gasteiger partial charge in [-0.3, -0.25) is 19.7 Å². The van der Waals surface area contributed by atoms with Crippen LogP contribution >= 0.6 is 0 Å². The maximum atomic E-state index is 12.1. The first-order chi connectivity index (χ1) is 16.6. The maximum Gasteiger partial charge on any atom is 0.258 e. The molecule has 34 heavy (non-hydrogen) atoms. The standard InChI is InChI=1S/C29H25NO4/c31-27(24-7-2-1-3-8-24)18-13-22-11-16-25(17-12-22)34-19-5-4-6-21-9-14-23(15-10-21)26-20-28(32)30-29(26)33/h1-3,7-18,20H,4-6,19H2,(H,30,32,33). The molecule has 5 nitrogen and oxygen atoms in total. The van der Waals surface area contributed by atoms with E-state index in [2.05, 4.69) is 5.32 Å². The van der Waals surface area contributed by atoms with Crippen LogP contribution in [0.3, 0.4) is 0 Å². The topological polar surface area (TPSA) is 72.5 Å². The van der Waals surface area contributed by atoms with Crippen molar-refractivity contribution in [3.8, 4) is 5.75 Å². The summed E-state index contributed by atoms with van der Waals surface area (Å²) in [7, 11) is 0. The summed E-state index contributed by atoms with van der Waals surface area (Å²) in [6, 6.07) is 24.6. The van der Waals surface area contributed by atoms with Crippen LogP contribution in [0.15, 0.2) is 91.0 Å². The quantitative estimate of drug-likeness (QED) is 0.203. The van der Waals surface area contributed by atoms with Crippen molar-refractivity contribution in [2.24, 2.45) is 0 Å². The molecule has 0 fully saturated rings. The van der Waals surface area contributed by atoms with Gasteiger partial charge in [-0.15, -0.1) is 0 Å². The lowest BCUT2D eigenvalue weighted by molar-refractivity contribution is -0.123. The molecule has 170 valence electrons. The number of amides is 2. The van der Waals surface area contributed by atoms with Gasteiger partial charge in [0.25, 0.3) is 11.8 Å². The van der Waals surface area contributed by atoms with Crippen LogP contribution in [0, 0.1) is 0 Å². The molecule has 3 aromatic carbocycles. The third-order valence-corrected chi connectivity index (χ3v) is 5.52. The predicted molar refractivity (Wildman–Crippen MR) is 132 cm³/mol. The van der Waals surface area contributed by atoms with Gasteiger partial charge < -0.3 is 4.74 Å². The molecule has 0 unspecified atom stereocenters. The molecular weight excluding hydrogens is 426 g/mol. The number of nitrogens with one attached hydrogen (secondary N) is 1. The van der Waals surface area contributed by atoms with E-state index in [0.717, 1.165) is 36.1 Å². The Kier molecular flexibility index (Phi) is 7.45. The van der Waals surface area contributed by atoms with Gasteiger partial charge >= 0.3 is 0 Å². The number of allylic oxidation sites excluding steroid dienone is 1. The van der Waals surface area contributed by atoms with Gasteiger partial charge in [-0.05, 0) is 54.2 Å². The van der Waals surface area contributed by atoms with Crippen LogP contribution in [0.1, 0.15) is 39.9 Å². The molecule has 0 saturated heterocycles. The number of carbonyl (C=O) groups excluding carboxylic acids is 3. The Labute approximate surface area is 198 Å². The Morgan fingerprint density at radius 1 is 0.853 bits per heavy atom. The van der Waals surface area contributed by atoms with Crippen molar-refractivity contribution in [2.45, 2.75) is 19.3 Å². The zero-order valence-electron chi connectivity index (χ0n) is 18.7. The van der Waals surface area contributed by atoms with Crippen molar-refractivity contribution in [3.63, 3.8) is 0 Å². The number of benzene rings is 3. The van der Waals surface area contributed by atoms with Crippen molar-refractivity contribution in [2.75, 3.05) is 6.61 Å². The normalized spacial score (nSPS) is 13.1. The highest BCUT2D eigenvalue weighted by Gasteiger charge is 2.21. The van der Waals surface area contributed by atoms with E-state index >= 15 is 0 Å². The summed E-state index contributed by atoms with van der Waals surface area (Å²) in [5, 5.41) is 2.26. The lowest BCUT2D eigenvalue weighted by Crippen LogP contribution is -2.21. The van der Waals surface area contributed by atoms with Crippen molar-refractivity contribution in [1.29, 1.82) is 0 Å². The number of imide groups is 1. The number of unbranched alkanes of at least 4 members (excludes halogenated alkanes) is 1. The molecule has 0 spiro atoms. The van der Waals surface area contributed by atoms with Gasteiger partial charge in [0.2, 0.25) is 0 Å². The second kappa shape index (κ2) is 11.1. The van der Waals surface area contributed by atoms with Crippen LogP contribution in [0.2, 0.25) is 0 Å². The Morgan fingerprint density at radius 3 is 2.26 bits per heavy atom. The van der Waals surface area contributed by atoms with Crippen LogP contribution in [0.4, 0.5) is 0 Å². The first kappa shape index (κ1) is 22.9. The summed E-state index contributed by atoms with van der Waals surface area (Å²) in [4.78, 5) is 35.2. The first-order valence-corrected chi connectivity index (χ1v) is 11.3. The van der Waals surface area contributed by atoms with Crippen molar-refractivity contribution < 1.29 is 19.1 Å². The number of ether oxygens (including phenoxy) is 1. The average Bonchev–Trinajstić information content (AvgIpc) is 3.21. The fourth-order valence-electron chi connectivity index (χ4n) is 3.64. The zero-order valence-corrected chi connectivity index (χ0v) is 18.7. The molecule has 0 atom stereocenters. The van der Waals surface area contributed by atoms with E-state index in [1.807, 2.05) is 66.7 Å². The van der Waals surface area contributed by atoms with Crippen LogP contribution in [0.5, 0.6) is 5.75 Å². The van der Waals surface area contributed by atoms with E-state index in [0.29, 0.717) is 17.7 Å². The van der Waals surface area contributed by atoms with Crippen molar-refractivity contribution in [1.82, 2.24) is 5.32 Å². The Hall–Kier alpha value is -4.25. The number of hydrogen-bond acceptors (Lipinski definition) is 4. The third kappa shape index (κ3) is 6.17. The molecule has 4 rings (SSSR count). The molecule has 3 aromatic rings. The molecule has 5 heteroatoms. The Bertz CT molecular complexity index is 1220. The Morgan fingerprint density at radius 2 is 1.59 bits per heavy atom. The smallest absolute Gasteiger partial charge is 0.258 e. The van der Waals surface area contributed by atoms with Crippen LogP contribution in [0.25, 0.3) is 11.6 Å². The molecule has 1 N–H and O–H groups in total. The highest BCUT2D eigenvalue weighted by Crippen LogP contribution is 2.19. The Balaban J connectivity index is 1.18. The average molecular weight is 452 g/mol. The zero-order chi connectivity index (χ0) is 23.8. The number of carbonyl (C=O) groups is 3. The largest absolute Gasteiger partial charge is 0.494 e. The third-order valence-electron chi connectivity index (χ3n) is 5.52. The summed E-state index contributed by atoms with van der Waals surface area (Å²) >= 11 is 0. The van der Waals surface area contributed by atoms with Crippen molar-refractivity contribution >= 4 is 29.2 Å². The summed E-state index contributed by atoms with van der Waals surface area (Å²) in [6.45, 7) is 0.620. The molecule has 0 aliphatic carbocycles. The lowest BCUT2D eigenvalue weighted by Gasteiger charge is -2.07. The predicted octanol–water partition coefficient (Wildman–Crippen LogP) is 5.02. The molecule has 0 radical (unpaired) electrons. The van der Waals surface area contributed by atoms with Gasteiger partial charge in [0, 0.05) is 11.6 Å². The highest BCUT2D eigenvalue weighted by molar-refractivity contribution is 6.33. The van der Waals surface area contributed by atoms with Gasteiger partial charge in [-0.2, -0.15) is 0 Å². The number of aryl methyl sites for hydroxylation is 1. The fraction of sp³-hybridized carbons (Fsp3) is 0.138. The first-order valence-electron chi connectivity index (χ1n) is 11.3. The van der Waals surface area contributed by atoms with E-state index in [4.69, 9.17) is 4.74 Å². The van der Waals surface area contributed by atoms with Gasteiger partial charge in [-0.1, -0.05) is 72.8 Å². The molecule has 1 aliphatic heterocycles. The van der Waals surface area contributed by atoms with Gasteiger partial charge in [-0.25, -0.2) is 0 Å². The maximum absolute atomic E-state index is 12.1. The van der Waals surface area contributed by atoms with Gasteiger partial charge in [0.15, 0.2) is 5.78 Å². The van der Waals surface area contributed by atoms with E-state index < -0.39 is 0 Å². The number of rotatable bonds is 10. The molecule has 0 bridgehead atoms. The van der Waals surface area contributed by atoms with E-state index in [9.17, 15) is 14.4 Å². The number of hydrogen-bond donors (Lipinski definition) is 1. The van der Waals surface area contributed by atoms with Crippen molar-refractivity contribution in [3.05, 3.63) is 113 Å². The van der Waals surface area contributed by atoms with Gasteiger partial charge in [0.1, 0.15) is 5.75 Å². The highest BCUT2D eigenvalue weighted by atomic mass is 16.5. The summed E-state index contributed by atoms with van der Waals surface area (Å²) in [5.41, 5.74) is 3.95. The van der Waals surface area contributed by atoms with E-state index in [-0.39, 0.29) is 17.6 Å². The van der Waals surface area contributed by atoms with E-state index in [1.54, 1.807) is 24.3 Å². The summed E-state index contributed by atoms with van der Waals surface area (Å²) < 4.78 is 5.83. The SMILES string of the molecule is O=C1C=C(c2ccc(CCCCOc3ccc(C=CC(=O)c4ccccc4)cc3)cc2)C(=O)N1. The fourth-order valence-corrected chi connectivity index (χ4v) is 3.64. The van der Waals surface area contributed by atoms with Crippen LogP contribution in [-0.2, 0) is 16.0 Å². The van der Waals surface area contributed by atoms with Gasteiger partial charge in [0.05, 0.1) is 12.2 Å². The second-order valence-electron chi connectivity index (χ2n) is 8.01. The van der Waals surface area contributed by atoms with E-state index in [1.165, 1.54) is 11.6 Å². The number of ketones is 1. The molecule has 2 amide bonds. The molecule has 1 aliphatic rings. The molecule has 1 heterocycles. The minimum atomic E-state index is -0.367. The van der Waals surface area contributed by atoms with Crippen LogP contribution in [-0.4, -0.2) is 24.2 Å². The van der Waals surface area contributed by atoms with Crippen LogP contribution < -0.4 is 10.1 Å². The summed E-state index contributed by atoms with van der Waals surface area (Å²) in [5.74, 6) is 0.0632. The molecular formula is C29H25NO4. The summed E-state index contributed by atoms with van der Waals surface area (Å²) in [6.07, 6.45) is 7.52. The molecule has 0 saturated carbocycles. The monoisotopic (exact) mass is 451 g/mol. The molecule has 0 aromatic heterocycles. The second-order valence-corrected chi connectivity index (χ2v) is 8.01. The lowest BCUT2D eigenvalue weighted by atomic mass is 10.0. The minimum Gasteiger partial charge on any atom is -0.494 e.